The molecule has 4 rings (SSSR count). The zero-order valence-electron chi connectivity index (χ0n) is 16.0. The molecule has 2 aliphatic heterocycles. The SMILES string of the molecule is Cc1noc([C@H]2CC[C@@H]3[C@@H](CCN3Cc3sccc3C)O2)n1.O=C(O)C(F)(F)F. The van der Waals surface area contributed by atoms with Gasteiger partial charge in [-0.3, -0.25) is 4.90 Å². The second-order valence-corrected chi connectivity index (χ2v) is 8.08. The van der Waals surface area contributed by atoms with Gasteiger partial charge >= 0.3 is 12.1 Å². The topological polar surface area (TPSA) is 88.7 Å². The highest BCUT2D eigenvalue weighted by Crippen LogP contribution is 2.38. The zero-order valence-corrected chi connectivity index (χ0v) is 16.8. The summed E-state index contributed by atoms with van der Waals surface area (Å²) in [6.45, 7) is 6.21. The van der Waals surface area contributed by atoms with E-state index in [4.69, 9.17) is 19.2 Å². The summed E-state index contributed by atoms with van der Waals surface area (Å²) in [6.07, 6.45) is -1.61. The third-order valence-corrected chi connectivity index (χ3v) is 6.05. The Balaban J connectivity index is 0.000000298. The largest absolute Gasteiger partial charge is 0.490 e. The van der Waals surface area contributed by atoms with E-state index in [-0.39, 0.29) is 6.10 Å². The number of aromatic nitrogens is 2. The molecule has 0 aliphatic carbocycles. The molecule has 0 spiro atoms. The number of hydrogen-bond acceptors (Lipinski definition) is 7. The van der Waals surface area contributed by atoms with E-state index < -0.39 is 12.1 Å². The van der Waals surface area contributed by atoms with Crippen molar-refractivity contribution in [1.82, 2.24) is 15.0 Å². The molecule has 0 amide bonds. The maximum absolute atomic E-state index is 10.6. The van der Waals surface area contributed by atoms with Gasteiger partial charge in [-0.25, -0.2) is 4.79 Å². The van der Waals surface area contributed by atoms with Crippen molar-refractivity contribution in [1.29, 1.82) is 0 Å². The van der Waals surface area contributed by atoms with Crippen LogP contribution in [0, 0.1) is 13.8 Å². The first kappa shape index (κ1) is 21.7. The highest BCUT2D eigenvalue weighted by molar-refractivity contribution is 7.10. The molecule has 11 heteroatoms. The van der Waals surface area contributed by atoms with Gasteiger partial charge in [0.05, 0.1) is 6.10 Å². The number of carboxylic acids is 1. The number of likely N-dealkylation sites (tertiary alicyclic amines) is 1. The molecule has 0 unspecified atom stereocenters. The number of alkyl halides is 3. The van der Waals surface area contributed by atoms with Crippen LogP contribution >= 0.6 is 11.3 Å². The lowest BCUT2D eigenvalue weighted by Gasteiger charge is -2.34. The van der Waals surface area contributed by atoms with Gasteiger partial charge in [-0.1, -0.05) is 5.16 Å². The van der Waals surface area contributed by atoms with Gasteiger partial charge in [0.25, 0.3) is 5.89 Å². The maximum atomic E-state index is 10.6. The second-order valence-electron chi connectivity index (χ2n) is 7.08. The normalized spacial score (nSPS) is 24.7. The highest BCUT2D eigenvalue weighted by atomic mass is 32.1. The molecule has 7 nitrogen and oxygen atoms in total. The van der Waals surface area contributed by atoms with Crippen LogP contribution in [0.25, 0.3) is 0 Å². The van der Waals surface area contributed by atoms with Crippen LogP contribution in [0.3, 0.4) is 0 Å². The molecular weight excluding hydrogens is 411 g/mol. The van der Waals surface area contributed by atoms with Crippen molar-refractivity contribution in [3.8, 4) is 0 Å². The molecule has 1 N–H and O–H groups in total. The molecule has 0 bridgehead atoms. The summed E-state index contributed by atoms with van der Waals surface area (Å²) in [6, 6.07) is 2.74. The fraction of sp³-hybridized carbons (Fsp3) is 0.611. The molecule has 29 heavy (non-hydrogen) atoms. The zero-order chi connectivity index (χ0) is 21.2. The predicted octanol–water partition coefficient (Wildman–Crippen LogP) is 3.88. The van der Waals surface area contributed by atoms with Crippen molar-refractivity contribution in [2.24, 2.45) is 0 Å². The van der Waals surface area contributed by atoms with Crippen molar-refractivity contribution >= 4 is 17.3 Å². The number of carbonyl (C=O) groups is 1. The lowest BCUT2D eigenvalue weighted by Crippen LogP contribution is -2.40. The molecule has 0 radical (unpaired) electrons. The highest BCUT2D eigenvalue weighted by Gasteiger charge is 2.41. The monoisotopic (exact) mass is 433 g/mol. The van der Waals surface area contributed by atoms with Crippen molar-refractivity contribution in [3.63, 3.8) is 0 Å². The first-order valence-corrected chi connectivity index (χ1v) is 10.1. The quantitative estimate of drug-likeness (QED) is 0.786. The summed E-state index contributed by atoms with van der Waals surface area (Å²) in [7, 11) is 0. The summed E-state index contributed by atoms with van der Waals surface area (Å²) in [5, 5.41) is 13.2. The Morgan fingerprint density at radius 3 is 2.62 bits per heavy atom. The number of rotatable bonds is 3. The van der Waals surface area contributed by atoms with Crippen LogP contribution in [0.2, 0.25) is 0 Å². The number of hydrogen-bond donors (Lipinski definition) is 1. The fourth-order valence-corrected chi connectivity index (χ4v) is 4.52. The first-order valence-electron chi connectivity index (χ1n) is 9.18. The van der Waals surface area contributed by atoms with Gasteiger partial charge in [0.15, 0.2) is 5.82 Å². The number of thiophene rings is 1. The summed E-state index contributed by atoms with van der Waals surface area (Å²) >= 11 is 1.86. The predicted molar refractivity (Wildman–Crippen MR) is 97.4 cm³/mol. The number of fused-ring (bicyclic) bond motifs is 1. The van der Waals surface area contributed by atoms with E-state index in [2.05, 4.69) is 33.4 Å². The average Bonchev–Trinajstić information content (AvgIpc) is 3.36. The van der Waals surface area contributed by atoms with Gasteiger partial charge in [0.2, 0.25) is 0 Å². The standard InChI is InChI=1S/C16H21N3O2S.C2HF3O2/c1-10-6-8-22-15(10)9-19-7-5-13-12(19)3-4-14(20-13)16-17-11(2)18-21-16;3-2(4,5)1(6)7/h6,8,12-14H,3-5,7,9H2,1-2H3;(H,6,7)/t12-,13-,14-;/m1./s1. The Morgan fingerprint density at radius 2 is 2.07 bits per heavy atom. The van der Waals surface area contributed by atoms with Gasteiger partial charge in [0.1, 0.15) is 6.10 Å². The minimum Gasteiger partial charge on any atom is -0.475 e. The van der Waals surface area contributed by atoms with Crippen LogP contribution in [0.1, 0.15) is 47.5 Å². The number of nitrogens with zero attached hydrogens (tertiary/aromatic N) is 3. The summed E-state index contributed by atoms with van der Waals surface area (Å²) in [5.74, 6) is -1.43. The fourth-order valence-electron chi connectivity index (χ4n) is 3.59. The van der Waals surface area contributed by atoms with Crippen molar-refractivity contribution < 1.29 is 32.3 Å². The van der Waals surface area contributed by atoms with Crippen LogP contribution in [0.5, 0.6) is 0 Å². The minimum absolute atomic E-state index is 0.0223. The lowest BCUT2D eigenvalue weighted by atomic mass is 9.99. The van der Waals surface area contributed by atoms with Crippen LogP contribution < -0.4 is 0 Å². The van der Waals surface area contributed by atoms with Crippen LogP contribution in [0.4, 0.5) is 13.2 Å². The maximum Gasteiger partial charge on any atom is 0.490 e. The van der Waals surface area contributed by atoms with E-state index in [9.17, 15) is 13.2 Å². The number of halogens is 3. The molecule has 160 valence electrons. The van der Waals surface area contributed by atoms with E-state index in [1.807, 2.05) is 18.3 Å². The van der Waals surface area contributed by atoms with Crippen LogP contribution in [-0.4, -0.2) is 51.0 Å². The number of aryl methyl sites for hydroxylation is 2. The third kappa shape index (κ3) is 5.34. The van der Waals surface area contributed by atoms with Gasteiger partial charge in [-0.05, 0) is 50.1 Å². The third-order valence-electron chi connectivity index (χ3n) is 5.04. The molecular formula is C18H22F3N3O4S. The molecule has 0 saturated carbocycles. The Kier molecular flexibility index (Phi) is 6.59. The number of ether oxygens (including phenoxy) is 1. The Morgan fingerprint density at radius 1 is 1.34 bits per heavy atom. The lowest BCUT2D eigenvalue weighted by molar-refractivity contribution is -0.192. The molecule has 2 aromatic rings. The van der Waals surface area contributed by atoms with E-state index in [1.54, 1.807) is 0 Å². The van der Waals surface area contributed by atoms with Gasteiger partial charge in [-0.2, -0.15) is 18.2 Å². The molecule has 2 aromatic heterocycles. The smallest absolute Gasteiger partial charge is 0.475 e. The Hall–Kier alpha value is -1.98. The van der Waals surface area contributed by atoms with Crippen molar-refractivity contribution in [2.75, 3.05) is 6.54 Å². The number of aliphatic carboxylic acids is 1. The second kappa shape index (κ2) is 8.80. The molecule has 2 aliphatic rings. The first-order chi connectivity index (χ1) is 13.6. The van der Waals surface area contributed by atoms with Crippen molar-refractivity contribution in [3.05, 3.63) is 33.6 Å². The molecule has 4 heterocycles. The number of carboxylic acid groups (broad SMARTS) is 1. The van der Waals surface area contributed by atoms with Crippen molar-refractivity contribution in [2.45, 2.75) is 64.1 Å². The molecule has 3 atom stereocenters. The molecule has 2 fully saturated rings. The summed E-state index contributed by atoms with van der Waals surface area (Å²) < 4.78 is 43.3. The van der Waals surface area contributed by atoms with E-state index in [1.165, 1.54) is 10.4 Å². The van der Waals surface area contributed by atoms with Gasteiger partial charge in [-0.15, -0.1) is 11.3 Å². The summed E-state index contributed by atoms with van der Waals surface area (Å²) in [4.78, 5) is 17.3. The molecule has 0 aromatic carbocycles. The summed E-state index contributed by atoms with van der Waals surface area (Å²) in [5.41, 5.74) is 1.41. The minimum atomic E-state index is -5.08. The molecule has 2 saturated heterocycles. The van der Waals surface area contributed by atoms with E-state index >= 15 is 0 Å². The van der Waals surface area contributed by atoms with E-state index in [0.29, 0.717) is 23.9 Å². The van der Waals surface area contributed by atoms with Crippen LogP contribution in [0.15, 0.2) is 16.0 Å². The van der Waals surface area contributed by atoms with E-state index in [0.717, 1.165) is 32.4 Å². The van der Waals surface area contributed by atoms with Gasteiger partial charge < -0.3 is 14.4 Å². The Bertz CT molecular complexity index is 838. The Labute approximate surface area is 169 Å². The van der Waals surface area contributed by atoms with Gasteiger partial charge in [0, 0.05) is 24.0 Å². The average molecular weight is 433 g/mol. The van der Waals surface area contributed by atoms with Crippen LogP contribution in [-0.2, 0) is 16.1 Å².